The van der Waals surface area contributed by atoms with Crippen LogP contribution in [0.25, 0.3) is 0 Å². The minimum Gasteiger partial charge on any atom is -0.373 e. The quantitative estimate of drug-likeness (QED) is 0.904. The van der Waals surface area contributed by atoms with Crippen molar-refractivity contribution in [2.45, 2.75) is 39.7 Å². The van der Waals surface area contributed by atoms with E-state index in [0.29, 0.717) is 6.54 Å². The van der Waals surface area contributed by atoms with Gasteiger partial charge in [0.25, 0.3) is 0 Å². The van der Waals surface area contributed by atoms with Gasteiger partial charge in [0.1, 0.15) is 17.5 Å². The Morgan fingerprint density at radius 3 is 2.38 bits per heavy atom. The van der Waals surface area contributed by atoms with Crippen molar-refractivity contribution >= 4 is 11.6 Å². The predicted octanol–water partition coefficient (Wildman–Crippen LogP) is 2.47. The third-order valence-corrected chi connectivity index (χ3v) is 3.41. The lowest BCUT2D eigenvalue weighted by Gasteiger charge is -2.20. The number of aryl methyl sites for hydroxylation is 1. The second-order valence-electron chi connectivity index (χ2n) is 6.17. The van der Waals surface area contributed by atoms with Gasteiger partial charge in [0.2, 0.25) is 0 Å². The fraction of sp³-hybridized carbons (Fsp3) is 0.533. The van der Waals surface area contributed by atoms with Gasteiger partial charge in [0.15, 0.2) is 0 Å². The largest absolute Gasteiger partial charge is 0.373 e. The smallest absolute Gasteiger partial charge is 0.138 e. The first-order valence-electron chi connectivity index (χ1n) is 7.10. The van der Waals surface area contributed by atoms with E-state index in [1.54, 1.807) is 6.20 Å². The number of hydrogen-bond donors (Lipinski definition) is 2. The average molecular weight is 288 g/mol. The minimum absolute atomic E-state index is 0.0950. The fourth-order valence-electron chi connectivity index (χ4n) is 2.02. The van der Waals surface area contributed by atoms with E-state index < -0.39 is 0 Å². The lowest BCUT2D eigenvalue weighted by molar-refractivity contribution is 0.546. The van der Waals surface area contributed by atoms with Crippen LogP contribution in [-0.2, 0) is 19.0 Å². The molecule has 0 aliphatic rings. The lowest BCUT2D eigenvalue weighted by Crippen LogP contribution is -2.19. The summed E-state index contributed by atoms with van der Waals surface area (Å²) in [5, 5.41) is 10.7. The molecule has 0 radical (unpaired) electrons. The van der Waals surface area contributed by atoms with Crippen LogP contribution in [0.5, 0.6) is 0 Å². The van der Waals surface area contributed by atoms with Crippen LogP contribution in [0.15, 0.2) is 12.3 Å². The van der Waals surface area contributed by atoms with Gasteiger partial charge < -0.3 is 10.6 Å². The molecule has 0 aliphatic carbocycles. The summed E-state index contributed by atoms with van der Waals surface area (Å²) in [6, 6.07) is 1.99. The molecule has 2 aromatic rings. The summed E-state index contributed by atoms with van der Waals surface area (Å²) in [5.74, 6) is 2.55. The molecule has 0 fully saturated rings. The van der Waals surface area contributed by atoms with Crippen molar-refractivity contribution in [2.75, 3.05) is 17.7 Å². The van der Waals surface area contributed by atoms with Gasteiger partial charge in [0.05, 0.1) is 12.2 Å². The zero-order valence-corrected chi connectivity index (χ0v) is 13.7. The second kappa shape index (κ2) is 5.71. The van der Waals surface area contributed by atoms with E-state index >= 15 is 0 Å². The molecule has 2 N–H and O–H groups in total. The number of nitrogens with one attached hydrogen (secondary N) is 2. The van der Waals surface area contributed by atoms with Gasteiger partial charge in [-0.05, 0) is 13.0 Å². The zero-order valence-electron chi connectivity index (χ0n) is 13.7. The Kier molecular flexibility index (Phi) is 4.16. The highest BCUT2D eigenvalue weighted by Crippen LogP contribution is 2.26. The van der Waals surface area contributed by atoms with Crippen LogP contribution in [0.1, 0.15) is 37.9 Å². The molecular weight excluding hydrogens is 264 g/mol. The van der Waals surface area contributed by atoms with Gasteiger partial charge in [-0.1, -0.05) is 20.8 Å². The molecule has 0 amide bonds. The van der Waals surface area contributed by atoms with E-state index in [4.69, 9.17) is 0 Å². The van der Waals surface area contributed by atoms with Crippen molar-refractivity contribution in [1.29, 1.82) is 0 Å². The Morgan fingerprint density at radius 2 is 1.86 bits per heavy atom. The summed E-state index contributed by atoms with van der Waals surface area (Å²) < 4.78 is 1.85. The summed E-state index contributed by atoms with van der Waals surface area (Å²) in [6.45, 7) is 9.04. The number of hydrogen-bond acceptors (Lipinski definition) is 5. The molecule has 0 aromatic carbocycles. The van der Waals surface area contributed by atoms with Crippen molar-refractivity contribution in [3.63, 3.8) is 0 Å². The van der Waals surface area contributed by atoms with Crippen LogP contribution in [0.4, 0.5) is 11.6 Å². The van der Waals surface area contributed by atoms with Crippen LogP contribution >= 0.6 is 0 Å². The minimum atomic E-state index is -0.0950. The Hall–Kier alpha value is -2.11. The maximum absolute atomic E-state index is 4.69. The molecule has 2 heterocycles. The van der Waals surface area contributed by atoms with Crippen molar-refractivity contribution in [2.24, 2.45) is 7.05 Å². The summed E-state index contributed by atoms with van der Waals surface area (Å²) >= 11 is 0. The maximum atomic E-state index is 4.69. The van der Waals surface area contributed by atoms with Crippen LogP contribution in [0.2, 0.25) is 0 Å². The topological polar surface area (TPSA) is 67.7 Å². The highest BCUT2D eigenvalue weighted by atomic mass is 15.3. The number of nitrogens with zero attached hydrogens (tertiary/aromatic N) is 4. The normalized spacial score (nSPS) is 11.5. The average Bonchev–Trinajstić information content (AvgIpc) is 2.82. The number of aromatic nitrogens is 4. The van der Waals surface area contributed by atoms with Gasteiger partial charge in [-0.15, -0.1) is 0 Å². The lowest BCUT2D eigenvalue weighted by atomic mass is 9.95. The number of rotatable bonds is 4. The fourth-order valence-corrected chi connectivity index (χ4v) is 2.02. The summed E-state index contributed by atoms with van der Waals surface area (Å²) in [7, 11) is 3.82. The van der Waals surface area contributed by atoms with Crippen LogP contribution in [0.3, 0.4) is 0 Å². The molecule has 21 heavy (non-hydrogen) atoms. The van der Waals surface area contributed by atoms with Crippen LogP contribution in [-0.4, -0.2) is 26.8 Å². The van der Waals surface area contributed by atoms with Gasteiger partial charge in [0, 0.05) is 31.3 Å². The molecule has 0 saturated carbocycles. The maximum Gasteiger partial charge on any atom is 0.138 e. The highest BCUT2D eigenvalue weighted by molar-refractivity contribution is 5.57. The first kappa shape index (κ1) is 15.3. The molecule has 6 nitrogen and oxygen atoms in total. The Labute approximate surface area is 126 Å². The van der Waals surface area contributed by atoms with E-state index in [1.807, 2.05) is 31.8 Å². The Bertz CT molecular complexity index is 624. The van der Waals surface area contributed by atoms with Crippen molar-refractivity contribution in [1.82, 2.24) is 19.7 Å². The number of anilines is 2. The molecule has 2 aromatic heterocycles. The van der Waals surface area contributed by atoms with Crippen molar-refractivity contribution < 1.29 is 0 Å². The molecule has 0 spiro atoms. The molecule has 0 atom stereocenters. The third kappa shape index (κ3) is 3.32. The first-order chi connectivity index (χ1) is 9.82. The monoisotopic (exact) mass is 288 g/mol. The van der Waals surface area contributed by atoms with E-state index in [-0.39, 0.29) is 5.41 Å². The Balaban J connectivity index is 2.31. The van der Waals surface area contributed by atoms with Crippen molar-refractivity contribution in [3.8, 4) is 0 Å². The van der Waals surface area contributed by atoms with E-state index in [1.165, 1.54) is 0 Å². The highest BCUT2D eigenvalue weighted by Gasteiger charge is 2.20. The summed E-state index contributed by atoms with van der Waals surface area (Å²) in [4.78, 5) is 9.29. The summed E-state index contributed by atoms with van der Waals surface area (Å²) in [6.07, 6.45) is 1.80. The van der Waals surface area contributed by atoms with E-state index in [9.17, 15) is 0 Å². The first-order valence-corrected chi connectivity index (χ1v) is 7.10. The summed E-state index contributed by atoms with van der Waals surface area (Å²) in [5.41, 5.74) is 2.03. The molecule has 6 heteroatoms. The van der Waals surface area contributed by atoms with E-state index in [2.05, 4.69) is 46.5 Å². The molecular formula is C15H24N6. The molecule has 0 aliphatic heterocycles. The molecule has 0 saturated heterocycles. The van der Waals surface area contributed by atoms with Crippen LogP contribution in [0, 0.1) is 6.92 Å². The molecule has 114 valence electrons. The van der Waals surface area contributed by atoms with Crippen LogP contribution < -0.4 is 10.6 Å². The second-order valence-corrected chi connectivity index (χ2v) is 6.17. The van der Waals surface area contributed by atoms with E-state index in [0.717, 1.165) is 28.7 Å². The predicted molar refractivity (Wildman–Crippen MR) is 85.6 cm³/mol. The van der Waals surface area contributed by atoms with Gasteiger partial charge >= 0.3 is 0 Å². The van der Waals surface area contributed by atoms with Gasteiger partial charge in [-0.2, -0.15) is 5.10 Å². The SMILES string of the molecule is CNc1nc(C(C)(C)C)nc(NCc2ccnn2C)c1C. The zero-order chi connectivity index (χ0) is 15.6. The van der Waals surface area contributed by atoms with Crippen molar-refractivity contribution in [3.05, 3.63) is 29.3 Å². The third-order valence-electron chi connectivity index (χ3n) is 3.41. The molecule has 0 bridgehead atoms. The van der Waals surface area contributed by atoms with Gasteiger partial charge in [-0.3, -0.25) is 4.68 Å². The Morgan fingerprint density at radius 1 is 1.19 bits per heavy atom. The molecule has 0 unspecified atom stereocenters. The standard InChI is InChI=1S/C15H24N6/c1-10-12(16-5)19-14(15(2,3)4)20-13(10)17-9-11-7-8-18-21(11)6/h7-8H,9H2,1-6H3,(H2,16,17,19,20). The molecule has 2 rings (SSSR count). The van der Waals surface area contributed by atoms with Gasteiger partial charge in [-0.25, -0.2) is 9.97 Å².